The Hall–Kier alpha value is -2.96. The number of hydrogen-bond acceptors (Lipinski definition) is 6. The van der Waals surface area contributed by atoms with E-state index < -0.39 is 5.41 Å². The van der Waals surface area contributed by atoms with Gasteiger partial charge in [-0.1, -0.05) is 83.4 Å². The molecule has 2 fully saturated rings. The maximum atomic E-state index is 11.9. The summed E-state index contributed by atoms with van der Waals surface area (Å²) in [5, 5.41) is 0. The van der Waals surface area contributed by atoms with Crippen LogP contribution in [-0.2, 0) is 23.7 Å². The van der Waals surface area contributed by atoms with Crippen molar-refractivity contribution >= 4 is 11.9 Å². The van der Waals surface area contributed by atoms with Crippen LogP contribution in [0, 0.1) is 29.1 Å². The Balaban J connectivity index is 0.000000375. The van der Waals surface area contributed by atoms with Crippen molar-refractivity contribution in [2.75, 3.05) is 13.2 Å². The minimum absolute atomic E-state index is 0.134. The first-order valence-corrected chi connectivity index (χ1v) is 20.7. The van der Waals surface area contributed by atoms with Gasteiger partial charge in [0.15, 0.2) is 0 Å². The summed E-state index contributed by atoms with van der Waals surface area (Å²) in [6.07, 6.45) is 13.0. The number of benzene rings is 1. The van der Waals surface area contributed by atoms with Crippen molar-refractivity contribution < 1.29 is 28.5 Å². The van der Waals surface area contributed by atoms with Gasteiger partial charge in [-0.05, 0) is 159 Å². The Morgan fingerprint density at radius 3 is 1.56 bits per heavy atom. The highest BCUT2D eigenvalue weighted by atomic mass is 16.5. The molecule has 0 amide bonds. The Labute approximate surface area is 330 Å². The van der Waals surface area contributed by atoms with Gasteiger partial charge in [-0.15, -0.1) is 0 Å². The number of carbonyl (C=O) groups excluding carboxylic acids is 2. The van der Waals surface area contributed by atoms with Crippen molar-refractivity contribution in [3.8, 4) is 0 Å². The van der Waals surface area contributed by atoms with Crippen LogP contribution in [-0.4, -0.2) is 49.6 Å². The smallest absolute Gasteiger partial charge is 0.338 e. The van der Waals surface area contributed by atoms with E-state index in [4.69, 9.17) is 18.9 Å². The van der Waals surface area contributed by atoms with Crippen LogP contribution in [0.5, 0.6) is 0 Å². The molecule has 0 bridgehead atoms. The second-order valence-corrected chi connectivity index (χ2v) is 17.7. The van der Waals surface area contributed by atoms with Gasteiger partial charge >= 0.3 is 11.9 Å². The zero-order valence-corrected chi connectivity index (χ0v) is 35.7. The summed E-state index contributed by atoms with van der Waals surface area (Å²) in [6, 6.07) is 9.12. The van der Waals surface area contributed by atoms with Gasteiger partial charge in [0.25, 0.3) is 0 Å². The molecule has 3 rings (SSSR count). The van der Waals surface area contributed by atoms with E-state index in [1.165, 1.54) is 35.1 Å². The highest BCUT2D eigenvalue weighted by molar-refractivity contribution is 5.89. The van der Waals surface area contributed by atoms with E-state index in [2.05, 4.69) is 67.9 Å². The van der Waals surface area contributed by atoms with Crippen LogP contribution in [0.4, 0.5) is 0 Å². The first-order valence-electron chi connectivity index (χ1n) is 20.7. The van der Waals surface area contributed by atoms with E-state index in [-0.39, 0.29) is 36.4 Å². The van der Waals surface area contributed by atoms with Crippen molar-refractivity contribution in [3.05, 3.63) is 84.5 Å². The van der Waals surface area contributed by atoms with E-state index in [1.807, 2.05) is 39.0 Å². The third-order valence-electron chi connectivity index (χ3n) is 11.1. The minimum Gasteiger partial charge on any atom is -0.465 e. The maximum absolute atomic E-state index is 11.9. The molecule has 0 N–H and O–H groups in total. The first-order chi connectivity index (χ1) is 25.4. The van der Waals surface area contributed by atoms with Crippen LogP contribution in [0.3, 0.4) is 0 Å². The molecule has 304 valence electrons. The quantitative estimate of drug-likeness (QED) is 0.0708. The number of esters is 2. The first kappa shape index (κ1) is 47.2. The minimum atomic E-state index is -0.429. The van der Waals surface area contributed by atoms with Gasteiger partial charge in [-0.25, -0.2) is 4.79 Å². The van der Waals surface area contributed by atoms with Crippen LogP contribution in [0.1, 0.15) is 150 Å². The molecule has 0 spiro atoms. The van der Waals surface area contributed by atoms with Gasteiger partial charge in [-0.3, -0.25) is 4.79 Å². The van der Waals surface area contributed by atoms with Crippen molar-refractivity contribution in [1.29, 1.82) is 0 Å². The molecule has 1 aromatic rings. The van der Waals surface area contributed by atoms with Gasteiger partial charge in [0.1, 0.15) is 0 Å². The second-order valence-electron chi connectivity index (χ2n) is 17.7. The topological polar surface area (TPSA) is 71.1 Å². The lowest BCUT2D eigenvalue weighted by atomic mass is 9.88. The summed E-state index contributed by atoms with van der Waals surface area (Å²) in [7, 11) is 0. The SMILES string of the molecule is C=C(C)[C@H](C)C[C@H](C)CC[C@@H]1O[C@@H](CCCOC(=O)C(C)(C)C)CC1=C.C=C(C)[C@H](C)C[C@H](C)CC[C@@H]1O[C@@H](CCCOC(=O)c2ccccc2)CC1=C. The van der Waals surface area contributed by atoms with Gasteiger partial charge < -0.3 is 18.9 Å². The van der Waals surface area contributed by atoms with Gasteiger partial charge in [-0.2, -0.15) is 0 Å². The number of ether oxygens (including phenoxy) is 4. The molecule has 0 saturated carbocycles. The fourth-order valence-electron chi connectivity index (χ4n) is 7.03. The highest BCUT2D eigenvalue weighted by Gasteiger charge is 2.30. The molecule has 54 heavy (non-hydrogen) atoms. The van der Waals surface area contributed by atoms with E-state index in [9.17, 15) is 9.59 Å². The van der Waals surface area contributed by atoms with Crippen LogP contribution in [0.25, 0.3) is 0 Å². The van der Waals surface area contributed by atoms with Crippen LogP contribution >= 0.6 is 0 Å². The fourth-order valence-corrected chi connectivity index (χ4v) is 7.03. The molecule has 2 heterocycles. The van der Waals surface area contributed by atoms with Crippen LogP contribution < -0.4 is 0 Å². The monoisotopic (exact) mass is 749 g/mol. The van der Waals surface area contributed by atoms with Gasteiger partial charge in [0.05, 0.1) is 48.6 Å². The molecule has 0 radical (unpaired) electrons. The van der Waals surface area contributed by atoms with Crippen LogP contribution in [0.2, 0.25) is 0 Å². The lowest BCUT2D eigenvalue weighted by Gasteiger charge is -2.20. The molecule has 2 saturated heterocycles. The largest absolute Gasteiger partial charge is 0.465 e. The van der Waals surface area contributed by atoms with Gasteiger partial charge in [0.2, 0.25) is 0 Å². The predicted molar refractivity (Wildman–Crippen MR) is 224 cm³/mol. The van der Waals surface area contributed by atoms with Gasteiger partial charge in [0, 0.05) is 0 Å². The average Bonchev–Trinajstić information content (AvgIpc) is 3.66. The highest BCUT2D eigenvalue weighted by Crippen LogP contribution is 2.33. The summed E-state index contributed by atoms with van der Waals surface area (Å²) in [5.41, 5.74) is 5.14. The van der Waals surface area contributed by atoms with Crippen molar-refractivity contribution in [3.63, 3.8) is 0 Å². The van der Waals surface area contributed by atoms with E-state index in [0.717, 1.165) is 64.2 Å². The Bertz CT molecular complexity index is 1340. The Kier molecular flexibility index (Phi) is 20.8. The number of hydrogen-bond donors (Lipinski definition) is 0. The number of allylic oxidation sites excluding steroid dienone is 2. The molecule has 0 aromatic heterocycles. The Morgan fingerprint density at radius 2 is 1.15 bits per heavy atom. The van der Waals surface area contributed by atoms with Crippen molar-refractivity contribution in [2.24, 2.45) is 29.1 Å². The third-order valence-corrected chi connectivity index (χ3v) is 11.1. The normalized spacial score (nSPS) is 22.1. The molecule has 2 aliphatic rings. The van der Waals surface area contributed by atoms with E-state index in [1.54, 1.807) is 12.1 Å². The molecule has 0 aliphatic carbocycles. The lowest BCUT2D eigenvalue weighted by Crippen LogP contribution is -2.23. The van der Waals surface area contributed by atoms with E-state index >= 15 is 0 Å². The third kappa shape index (κ3) is 18.1. The summed E-state index contributed by atoms with van der Waals surface area (Å²) in [4.78, 5) is 23.7. The maximum Gasteiger partial charge on any atom is 0.338 e. The molecule has 8 atom stereocenters. The fraction of sp³-hybridized carbons (Fsp3) is 0.667. The number of rotatable bonds is 21. The lowest BCUT2D eigenvalue weighted by molar-refractivity contribution is -0.153. The molecule has 6 nitrogen and oxygen atoms in total. The summed E-state index contributed by atoms with van der Waals surface area (Å²) in [5.74, 6) is 2.11. The zero-order valence-electron chi connectivity index (χ0n) is 35.7. The molecule has 0 unspecified atom stereocenters. The summed E-state index contributed by atoms with van der Waals surface area (Å²) in [6.45, 7) is 36.5. The summed E-state index contributed by atoms with van der Waals surface area (Å²) < 4.78 is 23.1. The Morgan fingerprint density at radius 1 is 0.722 bits per heavy atom. The molecule has 6 heteroatoms. The van der Waals surface area contributed by atoms with Crippen molar-refractivity contribution in [2.45, 2.75) is 164 Å². The molecule has 1 aromatic carbocycles. The summed E-state index contributed by atoms with van der Waals surface area (Å²) >= 11 is 0. The van der Waals surface area contributed by atoms with Crippen LogP contribution in [0.15, 0.2) is 78.9 Å². The molecular formula is C48H76O6. The predicted octanol–water partition coefficient (Wildman–Crippen LogP) is 12.4. The second kappa shape index (κ2) is 23.8. The molecule has 2 aliphatic heterocycles. The average molecular weight is 749 g/mol. The number of carbonyl (C=O) groups is 2. The van der Waals surface area contributed by atoms with E-state index in [0.29, 0.717) is 42.4 Å². The molecular weight excluding hydrogens is 673 g/mol. The zero-order chi connectivity index (χ0) is 40.4. The van der Waals surface area contributed by atoms with Crippen molar-refractivity contribution in [1.82, 2.24) is 0 Å². The standard InChI is InChI=1S/C25H36O3.C23H40O3/c1-18(2)20(4)16-19(3)13-14-24-21(5)17-23(28-24)12-9-15-27-25(26)22-10-7-6-8-11-22;1-16(2)18(4)14-17(3)11-12-21-19(5)15-20(26-21)10-9-13-25-22(24)23(6,7)8/h6-8,10-11,19-20,23-24H,1,5,9,12-17H2,2-4H3;17-18,20-21H,1,5,9-15H2,2-4,6-8H3/t19-,20-,23+,24+;17-,18-,20+,21+/m11/s1.